The summed E-state index contributed by atoms with van der Waals surface area (Å²) in [5.74, 6) is -0.920. The van der Waals surface area contributed by atoms with E-state index < -0.39 is 5.97 Å². The molecule has 3 nitrogen and oxygen atoms in total. The average Bonchev–Trinajstić information content (AvgIpc) is 2.94. The molecule has 0 amide bonds. The zero-order chi connectivity index (χ0) is 14.8. The van der Waals surface area contributed by atoms with Crippen LogP contribution >= 0.6 is 27.3 Å². The van der Waals surface area contributed by atoms with Crippen LogP contribution in [0.5, 0.6) is 0 Å². The molecule has 0 radical (unpaired) electrons. The van der Waals surface area contributed by atoms with Crippen molar-refractivity contribution in [2.24, 2.45) is 0 Å². The largest absolute Gasteiger partial charge is 0.478 e. The van der Waals surface area contributed by atoms with E-state index in [1.807, 2.05) is 35.7 Å². The minimum atomic E-state index is -0.920. The summed E-state index contributed by atoms with van der Waals surface area (Å²) in [7, 11) is 0. The maximum Gasteiger partial charge on any atom is 0.335 e. The van der Waals surface area contributed by atoms with Crippen molar-refractivity contribution in [3.05, 3.63) is 63.4 Å². The summed E-state index contributed by atoms with van der Waals surface area (Å²) in [6.45, 7) is 0. The highest BCUT2D eigenvalue weighted by Gasteiger charge is 2.07. The lowest BCUT2D eigenvalue weighted by Gasteiger charge is -2.05. The molecule has 1 aromatic heterocycles. The third kappa shape index (κ3) is 3.04. The van der Waals surface area contributed by atoms with Crippen LogP contribution in [0.1, 0.15) is 10.4 Å². The minimum Gasteiger partial charge on any atom is -0.478 e. The quantitative estimate of drug-likeness (QED) is 0.720. The number of carboxylic acid groups (broad SMARTS) is 1. The normalized spacial score (nSPS) is 10.5. The third-order valence-electron chi connectivity index (χ3n) is 3.08. The van der Waals surface area contributed by atoms with Crippen LogP contribution in [0.4, 0.5) is 0 Å². The van der Waals surface area contributed by atoms with Crippen LogP contribution in [0.2, 0.25) is 0 Å². The van der Waals surface area contributed by atoms with Crippen LogP contribution in [0, 0.1) is 0 Å². The Morgan fingerprint density at radius 1 is 1.05 bits per heavy atom. The molecule has 0 saturated carbocycles. The lowest BCUT2D eigenvalue weighted by molar-refractivity contribution is 0.0697. The van der Waals surface area contributed by atoms with Crippen molar-refractivity contribution in [1.82, 2.24) is 4.98 Å². The van der Waals surface area contributed by atoms with Gasteiger partial charge in [0.15, 0.2) is 3.92 Å². The van der Waals surface area contributed by atoms with E-state index in [2.05, 4.69) is 20.9 Å². The zero-order valence-electron chi connectivity index (χ0n) is 10.8. The van der Waals surface area contributed by atoms with E-state index in [1.54, 1.807) is 18.2 Å². The molecule has 21 heavy (non-hydrogen) atoms. The summed E-state index contributed by atoms with van der Waals surface area (Å²) in [6.07, 6.45) is 0. The molecule has 3 aromatic rings. The Morgan fingerprint density at radius 2 is 1.71 bits per heavy atom. The predicted octanol–water partition coefficient (Wildman–Crippen LogP) is 4.94. The molecule has 0 aliphatic heterocycles. The van der Waals surface area contributed by atoms with Gasteiger partial charge in [-0.2, -0.15) is 0 Å². The molecule has 0 aliphatic carbocycles. The van der Waals surface area contributed by atoms with Gasteiger partial charge >= 0.3 is 5.97 Å². The monoisotopic (exact) mass is 359 g/mol. The van der Waals surface area contributed by atoms with Crippen molar-refractivity contribution < 1.29 is 9.90 Å². The average molecular weight is 360 g/mol. The molecule has 0 saturated heterocycles. The van der Waals surface area contributed by atoms with Gasteiger partial charge in [-0.05, 0) is 45.3 Å². The number of aromatic nitrogens is 1. The van der Waals surface area contributed by atoms with Gasteiger partial charge in [-0.15, -0.1) is 11.3 Å². The summed E-state index contributed by atoms with van der Waals surface area (Å²) < 4.78 is 0.843. The summed E-state index contributed by atoms with van der Waals surface area (Å²) >= 11 is 4.90. The first kappa shape index (κ1) is 14.0. The number of halogens is 1. The summed E-state index contributed by atoms with van der Waals surface area (Å²) in [4.78, 5) is 15.5. The number of benzene rings is 2. The lowest BCUT2D eigenvalue weighted by atomic mass is 10.0. The van der Waals surface area contributed by atoms with E-state index in [4.69, 9.17) is 5.11 Å². The topological polar surface area (TPSA) is 50.2 Å². The van der Waals surface area contributed by atoms with Crippen molar-refractivity contribution >= 4 is 33.2 Å². The summed E-state index contributed by atoms with van der Waals surface area (Å²) in [5, 5.41) is 11.1. The van der Waals surface area contributed by atoms with Crippen LogP contribution in [0.15, 0.2) is 57.8 Å². The molecule has 2 aromatic carbocycles. The first-order valence-corrected chi connectivity index (χ1v) is 7.86. The van der Waals surface area contributed by atoms with Gasteiger partial charge in [0.05, 0.1) is 11.3 Å². The fourth-order valence-corrected chi connectivity index (χ4v) is 3.09. The second-order valence-electron chi connectivity index (χ2n) is 4.45. The van der Waals surface area contributed by atoms with Gasteiger partial charge in [0, 0.05) is 10.9 Å². The van der Waals surface area contributed by atoms with E-state index in [0.717, 1.165) is 26.3 Å². The van der Waals surface area contributed by atoms with Crippen molar-refractivity contribution in [3.8, 4) is 22.4 Å². The molecule has 1 N–H and O–H groups in total. The van der Waals surface area contributed by atoms with Crippen molar-refractivity contribution in [2.45, 2.75) is 0 Å². The molecular formula is C16H10BrNO2S. The van der Waals surface area contributed by atoms with Crippen LogP contribution < -0.4 is 0 Å². The molecule has 0 atom stereocenters. The molecule has 0 bridgehead atoms. The highest BCUT2D eigenvalue weighted by Crippen LogP contribution is 2.29. The van der Waals surface area contributed by atoms with Crippen LogP contribution in [0.3, 0.4) is 0 Å². The van der Waals surface area contributed by atoms with E-state index in [-0.39, 0.29) is 5.56 Å². The Morgan fingerprint density at radius 3 is 2.38 bits per heavy atom. The van der Waals surface area contributed by atoms with E-state index in [1.165, 1.54) is 11.3 Å². The van der Waals surface area contributed by atoms with Gasteiger partial charge in [-0.25, -0.2) is 9.78 Å². The molecule has 104 valence electrons. The van der Waals surface area contributed by atoms with Gasteiger partial charge in [-0.3, -0.25) is 0 Å². The molecule has 1 heterocycles. The fraction of sp³-hybridized carbons (Fsp3) is 0. The van der Waals surface area contributed by atoms with Gasteiger partial charge < -0.3 is 5.11 Å². The maximum absolute atomic E-state index is 11.1. The minimum absolute atomic E-state index is 0.286. The first-order chi connectivity index (χ1) is 10.1. The summed E-state index contributed by atoms with van der Waals surface area (Å²) in [6, 6.07) is 14.9. The first-order valence-electron chi connectivity index (χ1n) is 6.19. The van der Waals surface area contributed by atoms with Gasteiger partial charge in [-0.1, -0.05) is 30.3 Å². The van der Waals surface area contributed by atoms with Gasteiger partial charge in [0.2, 0.25) is 0 Å². The Balaban J connectivity index is 2.03. The van der Waals surface area contributed by atoms with E-state index >= 15 is 0 Å². The molecule has 0 spiro atoms. The maximum atomic E-state index is 11.1. The number of nitrogens with zero attached hydrogens (tertiary/aromatic N) is 1. The second-order valence-corrected chi connectivity index (χ2v) is 6.59. The Labute approximate surface area is 134 Å². The van der Waals surface area contributed by atoms with E-state index in [0.29, 0.717) is 0 Å². The Hall–Kier alpha value is -1.98. The SMILES string of the molecule is O=C(O)c1cccc(-c2cccc(-c3csc(Br)n3)c2)c1. The predicted molar refractivity (Wildman–Crippen MR) is 87.6 cm³/mol. The zero-order valence-corrected chi connectivity index (χ0v) is 13.2. The molecule has 3 rings (SSSR count). The van der Waals surface area contributed by atoms with Gasteiger partial charge in [0.25, 0.3) is 0 Å². The number of carboxylic acids is 1. The van der Waals surface area contributed by atoms with Crippen LogP contribution in [-0.4, -0.2) is 16.1 Å². The smallest absolute Gasteiger partial charge is 0.335 e. The Kier molecular flexibility index (Phi) is 3.86. The molecule has 0 aliphatic rings. The van der Waals surface area contributed by atoms with Crippen LogP contribution in [-0.2, 0) is 0 Å². The van der Waals surface area contributed by atoms with Crippen molar-refractivity contribution in [1.29, 1.82) is 0 Å². The molecule has 0 fully saturated rings. The fourth-order valence-electron chi connectivity index (χ4n) is 2.07. The highest BCUT2D eigenvalue weighted by molar-refractivity contribution is 9.11. The number of aromatic carboxylic acids is 1. The van der Waals surface area contributed by atoms with Crippen molar-refractivity contribution in [3.63, 3.8) is 0 Å². The number of hydrogen-bond donors (Lipinski definition) is 1. The Bertz CT molecular complexity index is 813. The van der Waals surface area contributed by atoms with Crippen LogP contribution in [0.25, 0.3) is 22.4 Å². The lowest BCUT2D eigenvalue weighted by Crippen LogP contribution is -1.95. The third-order valence-corrected chi connectivity index (χ3v) is 4.44. The molecule has 0 unspecified atom stereocenters. The van der Waals surface area contributed by atoms with Crippen molar-refractivity contribution in [2.75, 3.05) is 0 Å². The van der Waals surface area contributed by atoms with E-state index in [9.17, 15) is 4.79 Å². The number of carbonyl (C=O) groups is 1. The summed E-state index contributed by atoms with van der Waals surface area (Å²) in [5.41, 5.74) is 4.05. The highest BCUT2D eigenvalue weighted by atomic mass is 79.9. The van der Waals surface area contributed by atoms with Gasteiger partial charge in [0.1, 0.15) is 0 Å². The number of rotatable bonds is 3. The number of hydrogen-bond acceptors (Lipinski definition) is 3. The molecule has 5 heteroatoms. The number of thiazole rings is 1. The standard InChI is InChI=1S/C16H10BrNO2S/c17-16-18-14(9-21-16)12-5-1-3-10(7-12)11-4-2-6-13(8-11)15(19)20/h1-9H,(H,19,20). The second kappa shape index (κ2) is 5.79. The molecular weight excluding hydrogens is 350 g/mol.